The van der Waals surface area contributed by atoms with E-state index in [0.29, 0.717) is 15.7 Å². The van der Waals surface area contributed by atoms with Crippen LogP contribution in [0.4, 0.5) is 18.9 Å². The number of halogens is 4. The number of nitrogens with zero attached hydrogens (tertiary/aromatic N) is 1. The fraction of sp³-hybridized carbons (Fsp3) is 0.364. The molecule has 1 aromatic carbocycles. The monoisotopic (exact) mass is 304 g/mol. The first kappa shape index (κ1) is 12.2. The second-order valence-electron chi connectivity index (χ2n) is 4.05. The molecule has 0 aliphatic heterocycles. The van der Waals surface area contributed by atoms with Crippen molar-refractivity contribution < 1.29 is 13.2 Å². The van der Waals surface area contributed by atoms with Gasteiger partial charge in [-0.25, -0.2) is 0 Å². The second-order valence-corrected chi connectivity index (χ2v) is 4.96. The summed E-state index contributed by atoms with van der Waals surface area (Å²) in [6, 6.07) is 6.40. The number of nitrogens with one attached hydrogen (secondary N) is 1. The van der Waals surface area contributed by atoms with E-state index in [1.807, 2.05) is 6.07 Å². The Balaban J connectivity index is 2.26. The van der Waals surface area contributed by atoms with Gasteiger partial charge in [-0.3, -0.25) is 0 Å². The molecule has 1 N–H and O–H groups in total. The lowest BCUT2D eigenvalue weighted by Crippen LogP contribution is -2.38. The maximum absolute atomic E-state index is 12.7. The Labute approximate surface area is 105 Å². The number of alkyl halides is 3. The first-order valence-corrected chi connectivity index (χ1v) is 5.71. The van der Waals surface area contributed by atoms with E-state index < -0.39 is 11.7 Å². The van der Waals surface area contributed by atoms with E-state index >= 15 is 0 Å². The molecule has 0 saturated heterocycles. The van der Waals surface area contributed by atoms with Crippen molar-refractivity contribution in [3.8, 4) is 6.07 Å². The van der Waals surface area contributed by atoms with Crippen molar-refractivity contribution in [3.63, 3.8) is 0 Å². The summed E-state index contributed by atoms with van der Waals surface area (Å²) in [6.07, 6.45) is -4.11. The van der Waals surface area contributed by atoms with Crippen LogP contribution in [0.2, 0.25) is 0 Å². The second kappa shape index (κ2) is 3.91. The standard InChI is InChI=1S/C11H8BrF3N2/c12-8-3-7(6-16)4-9(5-8)17-10(1-2-10)11(13,14)15/h3-5,17H,1-2H2. The van der Waals surface area contributed by atoms with Crippen molar-refractivity contribution in [1.82, 2.24) is 0 Å². The van der Waals surface area contributed by atoms with Crippen molar-refractivity contribution in [2.75, 3.05) is 5.32 Å². The van der Waals surface area contributed by atoms with Crippen LogP contribution in [-0.2, 0) is 0 Å². The summed E-state index contributed by atoms with van der Waals surface area (Å²) >= 11 is 3.16. The molecule has 0 bridgehead atoms. The topological polar surface area (TPSA) is 35.8 Å². The van der Waals surface area contributed by atoms with Crippen LogP contribution in [0.25, 0.3) is 0 Å². The Morgan fingerprint density at radius 1 is 1.29 bits per heavy atom. The normalized spacial score (nSPS) is 17.4. The summed E-state index contributed by atoms with van der Waals surface area (Å²) in [5.74, 6) is 0. The lowest BCUT2D eigenvalue weighted by atomic mass is 10.2. The zero-order chi connectivity index (χ0) is 12.7. The minimum Gasteiger partial charge on any atom is -0.371 e. The molecule has 0 heterocycles. The number of anilines is 1. The summed E-state index contributed by atoms with van der Waals surface area (Å²) in [7, 11) is 0. The van der Waals surface area contributed by atoms with Crippen LogP contribution in [-0.4, -0.2) is 11.7 Å². The highest BCUT2D eigenvalue weighted by Gasteiger charge is 2.63. The Hall–Kier alpha value is -1.22. The number of benzene rings is 1. The van der Waals surface area contributed by atoms with E-state index in [0.717, 1.165) is 0 Å². The third kappa shape index (κ3) is 2.39. The van der Waals surface area contributed by atoms with Crippen LogP contribution in [0.15, 0.2) is 22.7 Å². The van der Waals surface area contributed by atoms with E-state index in [-0.39, 0.29) is 12.8 Å². The molecule has 0 spiro atoms. The van der Waals surface area contributed by atoms with Gasteiger partial charge in [0.15, 0.2) is 0 Å². The van der Waals surface area contributed by atoms with Crippen molar-refractivity contribution in [1.29, 1.82) is 5.26 Å². The number of nitriles is 1. The Morgan fingerprint density at radius 3 is 2.41 bits per heavy atom. The fourth-order valence-electron chi connectivity index (χ4n) is 1.61. The SMILES string of the molecule is N#Cc1cc(Br)cc(NC2(C(F)(F)F)CC2)c1. The number of rotatable bonds is 2. The van der Waals surface area contributed by atoms with Crippen molar-refractivity contribution in [2.45, 2.75) is 24.6 Å². The quantitative estimate of drug-likeness (QED) is 0.901. The average molecular weight is 305 g/mol. The summed E-state index contributed by atoms with van der Waals surface area (Å²) in [5.41, 5.74) is -1.17. The smallest absolute Gasteiger partial charge is 0.371 e. The molecular weight excluding hydrogens is 297 g/mol. The van der Waals surface area contributed by atoms with E-state index in [2.05, 4.69) is 21.2 Å². The largest absolute Gasteiger partial charge is 0.411 e. The lowest BCUT2D eigenvalue weighted by Gasteiger charge is -2.22. The number of hydrogen-bond donors (Lipinski definition) is 1. The Bertz CT molecular complexity index is 486. The first-order valence-electron chi connectivity index (χ1n) is 4.92. The van der Waals surface area contributed by atoms with Crippen molar-refractivity contribution in [3.05, 3.63) is 28.2 Å². The molecule has 0 radical (unpaired) electrons. The van der Waals surface area contributed by atoms with Gasteiger partial charge < -0.3 is 5.32 Å². The lowest BCUT2D eigenvalue weighted by molar-refractivity contribution is -0.151. The van der Waals surface area contributed by atoms with Gasteiger partial charge in [-0.15, -0.1) is 0 Å². The molecule has 2 rings (SSSR count). The minimum atomic E-state index is -4.26. The molecule has 0 amide bonds. The van der Waals surface area contributed by atoms with E-state index in [1.54, 1.807) is 6.07 Å². The van der Waals surface area contributed by atoms with Crippen LogP contribution in [0, 0.1) is 11.3 Å². The molecule has 1 aromatic rings. The van der Waals surface area contributed by atoms with E-state index in [9.17, 15) is 13.2 Å². The molecule has 0 unspecified atom stereocenters. The van der Waals surface area contributed by atoms with Crippen LogP contribution in [0.5, 0.6) is 0 Å². The van der Waals surface area contributed by atoms with Crippen molar-refractivity contribution >= 4 is 21.6 Å². The van der Waals surface area contributed by atoms with Crippen LogP contribution in [0.1, 0.15) is 18.4 Å². The van der Waals surface area contributed by atoms with Gasteiger partial charge in [0.1, 0.15) is 5.54 Å². The molecule has 90 valence electrons. The number of hydrogen-bond acceptors (Lipinski definition) is 2. The van der Waals surface area contributed by atoms with E-state index in [4.69, 9.17) is 5.26 Å². The highest BCUT2D eigenvalue weighted by Crippen LogP contribution is 2.51. The van der Waals surface area contributed by atoms with Crippen LogP contribution < -0.4 is 5.32 Å². The Kier molecular flexibility index (Phi) is 2.82. The van der Waals surface area contributed by atoms with Gasteiger partial charge in [-0.1, -0.05) is 15.9 Å². The molecule has 1 saturated carbocycles. The molecule has 17 heavy (non-hydrogen) atoms. The van der Waals surface area contributed by atoms with Gasteiger partial charge in [0.25, 0.3) is 0 Å². The van der Waals surface area contributed by atoms with Gasteiger partial charge >= 0.3 is 6.18 Å². The van der Waals surface area contributed by atoms with Gasteiger partial charge in [-0.05, 0) is 31.0 Å². The summed E-state index contributed by atoms with van der Waals surface area (Å²) < 4.78 is 38.8. The highest BCUT2D eigenvalue weighted by molar-refractivity contribution is 9.10. The molecule has 1 fully saturated rings. The molecule has 2 nitrogen and oxygen atoms in total. The zero-order valence-electron chi connectivity index (χ0n) is 8.61. The summed E-state index contributed by atoms with van der Waals surface area (Å²) in [6.45, 7) is 0. The zero-order valence-corrected chi connectivity index (χ0v) is 10.2. The molecule has 0 aromatic heterocycles. The highest BCUT2D eigenvalue weighted by atomic mass is 79.9. The maximum atomic E-state index is 12.7. The molecule has 1 aliphatic carbocycles. The first-order chi connectivity index (χ1) is 7.86. The summed E-state index contributed by atoms with van der Waals surface area (Å²) in [4.78, 5) is 0. The molecular formula is C11H8BrF3N2. The third-order valence-electron chi connectivity index (χ3n) is 2.70. The predicted octanol–water partition coefficient (Wildman–Crippen LogP) is 3.83. The van der Waals surface area contributed by atoms with Crippen LogP contribution in [0.3, 0.4) is 0 Å². The fourth-order valence-corrected chi connectivity index (χ4v) is 2.10. The van der Waals surface area contributed by atoms with E-state index in [1.165, 1.54) is 12.1 Å². The minimum absolute atomic E-state index is 0.0743. The maximum Gasteiger partial charge on any atom is 0.411 e. The average Bonchev–Trinajstić information content (AvgIpc) is 2.97. The Morgan fingerprint density at radius 2 is 1.94 bits per heavy atom. The van der Waals surface area contributed by atoms with Crippen molar-refractivity contribution in [2.24, 2.45) is 0 Å². The van der Waals surface area contributed by atoms with Gasteiger partial charge in [0.2, 0.25) is 0 Å². The van der Waals surface area contributed by atoms with Gasteiger partial charge in [-0.2, -0.15) is 18.4 Å². The van der Waals surface area contributed by atoms with Gasteiger partial charge in [0.05, 0.1) is 11.6 Å². The van der Waals surface area contributed by atoms with Crippen LogP contribution >= 0.6 is 15.9 Å². The third-order valence-corrected chi connectivity index (χ3v) is 3.16. The molecule has 6 heteroatoms. The molecule has 0 atom stereocenters. The summed E-state index contributed by atoms with van der Waals surface area (Å²) in [5, 5.41) is 11.2. The molecule has 1 aliphatic rings. The predicted molar refractivity (Wildman–Crippen MR) is 60.5 cm³/mol. The van der Waals surface area contributed by atoms with Gasteiger partial charge in [0, 0.05) is 10.2 Å².